The van der Waals surface area contributed by atoms with Gasteiger partial charge in [-0.3, -0.25) is 4.79 Å². The summed E-state index contributed by atoms with van der Waals surface area (Å²) in [5.41, 5.74) is 5.13. The second-order valence-electron chi connectivity index (χ2n) is 6.84. The van der Waals surface area contributed by atoms with E-state index < -0.39 is 0 Å². The molecule has 140 valence electrons. The van der Waals surface area contributed by atoms with E-state index in [0.29, 0.717) is 5.56 Å². The Morgan fingerprint density at radius 3 is 2.75 bits per heavy atom. The molecule has 0 saturated heterocycles. The van der Waals surface area contributed by atoms with Crippen molar-refractivity contribution in [1.29, 1.82) is 0 Å². The van der Waals surface area contributed by atoms with Crippen molar-refractivity contribution < 1.29 is 4.79 Å². The molecule has 2 aromatic carbocycles. The average molecular weight is 370 g/mol. The second-order valence-corrected chi connectivity index (χ2v) is 6.84. The Bertz CT molecular complexity index is 1150. The number of hydrogen-bond acceptors (Lipinski definition) is 3. The van der Waals surface area contributed by atoms with Gasteiger partial charge < -0.3 is 9.88 Å². The van der Waals surface area contributed by atoms with Crippen LogP contribution in [0.2, 0.25) is 0 Å². The number of aromatic nitrogens is 3. The first-order valence-electron chi connectivity index (χ1n) is 9.45. The highest BCUT2D eigenvalue weighted by Gasteiger charge is 2.15. The Kier molecular flexibility index (Phi) is 4.89. The number of carbonyl (C=O) groups excluding carboxylic acids is 1. The molecule has 0 unspecified atom stereocenters. The SMILES string of the molecule is CCCn1c(-c2cccc(C(=O)Nc3cccc(C)c3)c2)nc2cccnc21. The molecule has 5 heteroatoms. The van der Waals surface area contributed by atoms with Crippen molar-refractivity contribution in [3.05, 3.63) is 78.0 Å². The minimum absolute atomic E-state index is 0.135. The first kappa shape index (κ1) is 17.9. The summed E-state index contributed by atoms with van der Waals surface area (Å²) in [5, 5.41) is 2.97. The van der Waals surface area contributed by atoms with E-state index in [1.807, 2.05) is 67.6 Å². The van der Waals surface area contributed by atoms with Gasteiger partial charge in [0.1, 0.15) is 11.3 Å². The van der Waals surface area contributed by atoms with E-state index in [1.54, 1.807) is 6.20 Å². The van der Waals surface area contributed by atoms with Crippen LogP contribution in [0.3, 0.4) is 0 Å². The van der Waals surface area contributed by atoms with Crippen molar-refractivity contribution in [2.75, 3.05) is 5.32 Å². The van der Waals surface area contributed by atoms with Gasteiger partial charge in [0.25, 0.3) is 5.91 Å². The number of pyridine rings is 1. The largest absolute Gasteiger partial charge is 0.322 e. The fourth-order valence-electron chi connectivity index (χ4n) is 3.34. The third kappa shape index (κ3) is 3.51. The lowest BCUT2D eigenvalue weighted by Crippen LogP contribution is -2.12. The van der Waals surface area contributed by atoms with Crippen LogP contribution in [0.1, 0.15) is 29.3 Å². The highest BCUT2D eigenvalue weighted by molar-refractivity contribution is 6.05. The summed E-state index contributed by atoms with van der Waals surface area (Å²) in [4.78, 5) is 22.0. The lowest BCUT2D eigenvalue weighted by molar-refractivity contribution is 0.102. The van der Waals surface area contributed by atoms with Crippen molar-refractivity contribution in [2.24, 2.45) is 0 Å². The van der Waals surface area contributed by atoms with E-state index in [-0.39, 0.29) is 5.91 Å². The maximum Gasteiger partial charge on any atom is 0.255 e. The monoisotopic (exact) mass is 370 g/mol. The molecular weight excluding hydrogens is 348 g/mol. The Labute approximate surface area is 164 Å². The number of fused-ring (bicyclic) bond motifs is 1. The quantitative estimate of drug-likeness (QED) is 0.534. The third-order valence-corrected chi connectivity index (χ3v) is 4.61. The van der Waals surface area contributed by atoms with Crippen molar-refractivity contribution in [3.63, 3.8) is 0 Å². The summed E-state index contributed by atoms with van der Waals surface area (Å²) >= 11 is 0. The Morgan fingerprint density at radius 1 is 1.07 bits per heavy atom. The van der Waals surface area contributed by atoms with E-state index in [2.05, 4.69) is 21.8 Å². The molecule has 0 aliphatic rings. The molecule has 0 saturated carbocycles. The summed E-state index contributed by atoms with van der Waals surface area (Å²) < 4.78 is 2.12. The van der Waals surface area contributed by atoms with Crippen LogP contribution in [0.5, 0.6) is 0 Å². The van der Waals surface area contributed by atoms with E-state index in [9.17, 15) is 4.79 Å². The molecule has 4 aromatic rings. The highest BCUT2D eigenvalue weighted by atomic mass is 16.1. The Balaban J connectivity index is 1.70. The number of benzene rings is 2. The number of carbonyl (C=O) groups is 1. The predicted molar refractivity (Wildman–Crippen MR) is 112 cm³/mol. The minimum atomic E-state index is -0.135. The van der Waals surface area contributed by atoms with Gasteiger partial charge in [0.2, 0.25) is 0 Å². The molecule has 0 spiro atoms. The van der Waals surface area contributed by atoms with Gasteiger partial charge in [0.05, 0.1) is 0 Å². The highest BCUT2D eigenvalue weighted by Crippen LogP contribution is 2.25. The van der Waals surface area contributed by atoms with Gasteiger partial charge in [0, 0.05) is 29.6 Å². The maximum atomic E-state index is 12.7. The average Bonchev–Trinajstić information content (AvgIpc) is 3.07. The normalized spacial score (nSPS) is 10.9. The van der Waals surface area contributed by atoms with Gasteiger partial charge in [0.15, 0.2) is 5.65 Å². The summed E-state index contributed by atoms with van der Waals surface area (Å²) in [7, 11) is 0. The topological polar surface area (TPSA) is 59.8 Å². The number of hydrogen-bond donors (Lipinski definition) is 1. The van der Waals surface area contributed by atoms with Crippen molar-refractivity contribution >= 4 is 22.8 Å². The molecule has 0 atom stereocenters. The number of imidazole rings is 1. The first-order valence-corrected chi connectivity index (χ1v) is 9.45. The van der Waals surface area contributed by atoms with Crippen molar-refractivity contribution in [2.45, 2.75) is 26.8 Å². The standard InChI is InChI=1S/C23H22N4O/c1-3-13-27-21(26-20-11-6-12-24-22(20)27)17-8-5-9-18(15-17)23(28)25-19-10-4-7-16(2)14-19/h4-12,14-15H,3,13H2,1-2H3,(H,25,28). The third-order valence-electron chi connectivity index (χ3n) is 4.61. The number of anilines is 1. The number of aryl methyl sites for hydroxylation is 2. The van der Waals surface area contributed by atoms with Gasteiger partial charge in [-0.25, -0.2) is 9.97 Å². The first-order chi connectivity index (χ1) is 13.7. The Hall–Kier alpha value is -3.47. The zero-order valence-corrected chi connectivity index (χ0v) is 16.0. The molecule has 28 heavy (non-hydrogen) atoms. The molecule has 0 aliphatic heterocycles. The van der Waals surface area contributed by atoms with Crippen LogP contribution in [0.25, 0.3) is 22.6 Å². The molecule has 0 aliphatic carbocycles. The van der Waals surface area contributed by atoms with Gasteiger partial charge in [-0.05, 0) is 55.3 Å². The number of nitrogens with zero attached hydrogens (tertiary/aromatic N) is 3. The lowest BCUT2D eigenvalue weighted by Gasteiger charge is -2.09. The van der Waals surface area contributed by atoms with Crippen molar-refractivity contribution in [1.82, 2.24) is 14.5 Å². The summed E-state index contributed by atoms with van der Waals surface area (Å²) in [6.45, 7) is 4.95. The molecular formula is C23H22N4O. The molecule has 0 fully saturated rings. The molecule has 0 radical (unpaired) electrons. The number of nitrogens with one attached hydrogen (secondary N) is 1. The smallest absolute Gasteiger partial charge is 0.255 e. The zero-order valence-electron chi connectivity index (χ0n) is 16.0. The summed E-state index contributed by atoms with van der Waals surface area (Å²) in [6, 6.07) is 19.2. The van der Waals surface area contributed by atoms with E-state index in [0.717, 1.165) is 46.8 Å². The second kappa shape index (κ2) is 7.64. The molecule has 2 heterocycles. The van der Waals surface area contributed by atoms with Gasteiger partial charge in [-0.15, -0.1) is 0 Å². The van der Waals surface area contributed by atoms with E-state index >= 15 is 0 Å². The van der Waals surface area contributed by atoms with Crippen molar-refractivity contribution in [3.8, 4) is 11.4 Å². The van der Waals surface area contributed by atoms with Crippen LogP contribution in [0.4, 0.5) is 5.69 Å². The molecule has 2 aromatic heterocycles. The number of amides is 1. The van der Waals surface area contributed by atoms with E-state index in [4.69, 9.17) is 4.98 Å². The molecule has 1 N–H and O–H groups in total. The lowest BCUT2D eigenvalue weighted by atomic mass is 10.1. The summed E-state index contributed by atoms with van der Waals surface area (Å²) in [5.74, 6) is 0.699. The fraction of sp³-hybridized carbons (Fsp3) is 0.174. The summed E-state index contributed by atoms with van der Waals surface area (Å²) in [6.07, 6.45) is 2.76. The van der Waals surface area contributed by atoms with Crippen LogP contribution in [0, 0.1) is 6.92 Å². The predicted octanol–water partition coefficient (Wildman–Crippen LogP) is 5.07. The van der Waals surface area contributed by atoms with Crippen LogP contribution < -0.4 is 5.32 Å². The molecule has 4 rings (SSSR count). The van der Waals surface area contributed by atoms with Gasteiger partial charge >= 0.3 is 0 Å². The van der Waals surface area contributed by atoms with Crippen LogP contribution >= 0.6 is 0 Å². The van der Waals surface area contributed by atoms with Crippen LogP contribution in [-0.2, 0) is 6.54 Å². The number of rotatable bonds is 5. The molecule has 5 nitrogen and oxygen atoms in total. The molecule has 1 amide bonds. The fourth-order valence-corrected chi connectivity index (χ4v) is 3.34. The van der Waals surface area contributed by atoms with Gasteiger partial charge in [-0.2, -0.15) is 0 Å². The molecule has 0 bridgehead atoms. The van der Waals surface area contributed by atoms with Crippen LogP contribution in [0.15, 0.2) is 66.9 Å². The van der Waals surface area contributed by atoms with Gasteiger partial charge in [-0.1, -0.05) is 31.2 Å². The van der Waals surface area contributed by atoms with E-state index in [1.165, 1.54) is 0 Å². The maximum absolute atomic E-state index is 12.7. The zero-order chi connectivity index (χ0) is 19.5. The minimum Gasteiger partial charge on any atom is -0.322 e. The van der Waals surface area contributed by atoms with Crippen LogP contribution in [-0.4, -0.2) is 20.4 Å². The Morgan fingerprint density at radius 2 is 1.93 bits per heavy atom.